The van der Waals surface area contributed by atoms with Crippen molar-refractivity contribution in [3.8, 4) is 6.07 Å². The Hall–Kier alpha value is -1.34. The van der Waals surface area contributed by atoms with Gasteiger partial charge in [0.05, 0.1) is 11.6 Å². The van der Waals surface area contributed by atoms with Crippen molar-refractivity contribution in [1.29, 1.82) is 5.26 Å². The highest BCUT2D eigenvalue weighted by Crippen LogP contribution is 2.33. The van der Waals surface area contributed by atoms with Crippen molar-refractivity contribution in [2.75, 3.05) is 7.05 Å². The molecule has 0 heterocycles. The summed E-state index contributed by atoms with van der Waals surface area (Å²) in [5.74, 6) is -0.0871. The molecule has 0 aliphatic heterocycles. The van der Waals surface area contributed by atoms with Crippen LogP contribution in [0.25, 0.3) is 0 Å². The van der Waals surface area contributed by atoms with Crippen LogP contribution in [0.1, 0.15) is 42.5 Å². The molecule has 1 aliphatic rings. The van der Waals surface area contributed by atoms with Gasteiger partial charge >= 0.3 is 0 Å². The number of nitrogens with zero attached hydrogens (tertiary/aromatic N) is 2. The smallest absolute Gasteiger partial charge is 0.256 e. The molecule has 0 bridgehead atoms. The second kappa shape index (κ2) is 5.75. The molecule has 0 aromatic heterocycles. The number of hydrogen-bond donors (Lipinski definition) is 0. The third-order valence-electron chi connectivity index (χ3n) is 3.94. The molecule has 2 rings (SSSR count). The maximum atomic E-state index is 12.6. The second-order valence-corrected chi connectivity index (χ2v) is 5.90. The molecule has 3 nitrogen and oxygen atoms in total. The normalized spacial score (nSPS) is 17.5. The predicted molar refractivity (Wildman–Crippen MR) is 77.7 cm³/mol. The molecule has 0 N–H and O–H groups in total. The molecule has 0 unspecified atom stereocenters. The van der Waals surface area contributed by atoms with Crippen LogP contribution in [0.5, 0.6) is 0 Å². The molecule has 1 aromatic rings. The van der Waals surface area contributed by atoms with Crippen molar-refractivity contribution in [2.24, 2.45) is 0 Å². The summed E-state index contributed by atoms with van der Waals surface area (Å²) in [7, 11) is 1.75. The largest absolute Gasteiger partial charge is 0.323 e. The number of hydrogen-bond acceptors (Lipinski definition) is 2. The number of nitriles is 1. The highest BCUT2D eigenvalue weighted by Gasteiger charge is 2.39. The van der Waals surface area contributed by atoms with Gasteiger partial charge in [-0.2, -0.15) is 5.26 Å². The number of halogens is 1. The van der Waals surface area contributed by atoms with Crippen LogP contribution in [0.15, 0.2) is 28.7 Å². The first kappa shape index (κ1) is 14.1. The second-order valence-electron chi connectivity index (χ2n) is 5.05. The lowest BCUT2D eigenvalue weighted by molar-refractivity contribution is 0.0588. The van der Waals surface area contributed by atoms with E-state index in [0.29, 0.717) is 5.56 Å². The molecule has 19 heavy (non-hydrogen) atoms. The van der Waals surface area contributed by atoms with E-state index in [4.69, 9.17) is 0 Å². The Labute approximate surface area is 122 Å². The average Bonchev–Trinajstić information content (AvgIpc) is 2.47. The summed E-state index contributed by atoms with van der Waals surface area (Å²) in [5, 5.41) is 9.52. The van der Waals surface area contributed by atoms with Crippen LogP contribution in [-0.2, 0) is 0 Å². The van der Waals surface area contributed by atoms with Crippen molar-refractivity contribution < 1.29 is 4.79 Å². The van der Waals surface area contributed by atoms with E-state index in [2.05, 4.69) is 22.0 Å². The molecule has 1 aliphatic carbocycles. The Morgan fingerprint density at radius 1 is 1.32 bits per heavy atom. The van der Waals surface area contributed by atoms with Gasteiger partial charge in [0, 0.05) is 11.5 Å². The molecule has 1 amide bonds. The van der Waals surface area contributed by atoms with Gasteiger partial charge < -0.3 is 4.90 Å². The predicted octanol–water partition coefficient (Wildman–Crippen LogP) is 3.75. The van der Waals surface area contributed by atoms with Crippen LogP contribution in [-0.4, -0.2) is 23.4 Å². The van der Waals surface area contributed by atoms with Gasteiger partial charge in [-0.15, -0.1) is 0 Å². The van der Waals surface area contributed by atoms with Crippen molar-refractivity contribution in [3.63, 3.8) is 0 Å². The number of amides is 1. The zero-order valence-electron chi connectivity index (χ0n) is 11.0. The summed E-state index contributed by atoms with van der Waals surface area (Å²) in [4.78, 5) is 14.2. The molecule has 100 valence electrons. The maximum Gasteiger partial charge on any atom is 0.256 e. The van der Waals surface area contributed by atoms with Crippen LogP contribution in [0.2, 0.25) is 0 Å². The average molecular weight is 321 g/mol. The summed E-state index contributed by atoms with van der Waals surface area (Å²) < 4.78 is 0.774. The lowest BCUT2D eigenvalue weighted by Gasteiger charge is -2.39. The highest BCUT2D eigenvalue weighted by molar-refractivity contribution is 9.10. The summed E-state index contributed by atoms with van der Waals surface area (Å²) in [6.07, 6.45) is 4.73. The monoisotopic (exact) mass is 320 g/mol. The maximum absolute atomic E-state index is 12.6. The highest BCUT2D eigenvalue weighted by atomic mass is 79.9. The van der Waals surface area contributed by atoms with Crippen molar-refractivity contribution in [1.82, 2.24) is 4.90 Å². The van der Waals surface area contributed by atoms with Gasteiger partial charge in [-0.1, -0.05) is 31.4 Å². The van der Waals surface area contributed by atoms with E-state index in [1.807, 2.05) is 18.2 Å². The van der Waals surface area contributed by atoms with Crippen molar-refractivity contribution in [3.05, 3.63) is 34.3 Å². The Kier molecular flexibility index (Phi) is 4.26. The lowest BCUT2D eigenvalue weighted by atomic mass is 9.81. The van der Waals surface area contributed by atoms with Gasteiger partial charge in [-0.3, -0.25) is 4.79 Å². The van der Waals surface area contributed by atoms with Crippen LogP contribution >= 0.6 is 15.9 Å². The van der Waals surface area contributed by atoms with Gasteiger partial charge in [-0.25, -0.2) is 0 Å². The topological polar surface area (TPSA) is 44.1 Å². The molecule has 1 fully saturated rings. The molecular formula is C15H17BrN2O. The van der Waals surface area contributed by atoms with E-state index in [0.717, 1.165) is 36.6 Å². The first-order valence-corrected chi connectivity index (χ1v) is 7.34. The SMILES string of the molecule is CN(C(=O)c1ccccc1Br)C1(C#N)CCCCC1. The van der Waals surface area contributed by atoms with E-state index in [9.17, 15) is 10.1 Å². The van der Waals surface area contributed by atoms with Crippen molar-refractivity contribution in [2.45, 2.75) is 37.6 Å². The molecule has 0 saturated heterocycles. The van der Waals surface area contributed by atoms with Crippen molar-refractivity contribution >= 4 is 21.8 Å². The molecule has 0 radical (unpaired) electrons. The summed E-state index contributed by atoms with van der Waals surface area (Å²) in [6, 6.07) is 9.73. The van der Waals surface area contributed by atoms with Gasteiger partial charge in [0.25, 0.3) is 5.91 Å². The Balaban J connectivity index is 2.28. The Morgan fingerprint density at radius 2 is 1.95 bits per heavy atom. The van der Waals surface area contributed by atoms with Crippen LogP contribution in [0.4, 0.5) is 0 Å². The van der Waals surface area contributed by atoms with Crippen LogP contribution in [0, 0.1) is 11.3 Å². The van der Waals surface area contributed by atoms with Gasteiger partial charge in [0.2, 0.25) is 0 Å². The minimum Gasteiger partial charge on any atom is -0.323 e. The number of carbonyl (C=O) groups is 1. The first-order valence-electron chi connectivity index (χ1n) is 6.55. The molecule has 1 aromatic carbocycles. The fourth-order valence-corrected chi connectivity index (χ4v) is 3.12. The summed E-state index contributed by atoms with van der Waals surface area (Å²) >= 11 is 3.40. The number of benzene rings is 1. The molecule has 4 heteroatoms. The molecule has 0 atom stereocenters. The molecular weight excluding hydrogens is 304 g/mol. The third kappa shape index (κ3) is 2.66. The first-order chi connectivity index (χ1) is 9.10. The molecule has 1 saturated carbocycles. The number of rotatable bonds is 2. The van der Waals surface area contributed by atoms with Gasteiger partial charge in [0.1, 0.15) is 5.54 Å². The quantitative estimate of drug-likeness (QED) is 0.833. The van der Waals surface area contributed by atoms with Crippen LogP contribution < -0.4 is 0 Å². The fraction of sp³-hybridized carbons (Fsp3) is 0.467. The standard InChI is InChI=1S/C15H17BrN2O/c1-18(15(11-17)9-5-2-6-10-15)14(19)12-7-3-4-8-13(12)16/h3-4,7-8H,2,5-6,9-10H2,1H3. The Bertz CT molecular complexity index is 515. The minimum absolute atomic E-state index is 0.0871. The zero-order valence-corrected chi connectivity index (χ0v) is 12.6. The summed E-state index contributed by atoms with van der Waals surface area (Å²) in [5.41, 5.74) is -0.0184. The van der Waals surface area contributed by atoms with E-state index in [-0.39, 0.29) is 5.91 Å². The number of carbonyl (C=O) groups excluding carboxylic acids is 1. The fourth-order valence-electron chi connectivity index (χ4n) is 2.67. The van der Waals surface area contributed by atoms with E-state index in [1.165, 1.54) is 0 Å². The van der Waals surface area contributed by atoms with E-state index >= 15 is 0 Å². The minimum atomic E-state index is -0.634. The van der Waals surface area contributed by atoms with E-state index < -0.39 is 5.54 Å². The third-order valence-corrected chi connectivity index (χ3v) is 4.63. The van der Waals surface area contributed by atoms with Gasteiger partial charge in [-0.05, 0) is 40.9 Å². The Morgan fingerprint density at radius 3 is 2.53 bits per heavy atom. The van der Waals surface area contributed by atoms with Crippen LogP contribution in [0.3, 0.4) is 0 Å². The zero-order chi connectivity index (χ0) is 13.9. The summed E-state index contributed by atoms with van der Waals surface area (Å²) in [6.45, 7) is 0. The van der Waals surface area contributed by atoms with Gasteiger partial charge in [0.15, 0.2) is 0 Å². The lowest BCUT2D eigenvalue weighted by Crippen LogP contribution is -2.49. The molecule has 0 spiro atoms. The van der Waals surface area contributed by atoms with E-state index in [1.54, 1.807) is 18.0 Å².